The van der Waals surface area contributed by atoms with Crippen LogP contribution in [0.25, 0.3) is 21.9 Å². The molecule has 0 saturated heterocycles. The molecule has 1 unspecified atom stereocenters. The van der Waals surface area contributed by atoms with E-state index in [1.807, 2.05) is 0 Å². The number of aliphatic hydroxyl groups is 1. The summed E-state index contributed by atoms with van der Waals surface area (Å²) in [6.45, 7) is 0. The van der Waals surface area contributed by atoms with E-state index in [-0.39, 0.29) is 33.1 Å². The molecule has 1 heterocycles. The predicted octanol–water partition coefficient (Wildman–Crippen LogP) is 2.94. The van der Waals surface area contributed by atoms with E-state index in [0.29, 0.717) is 0 Å². The molecular formula is C16H10F2O5. The maximum atomic E-state index is 12.6. The number of rotatable bonds is 3. The van der Waals surface area contributed by atoms with Crippen molar-refractivity contribution >= 4 is 27.9 Å². The van der Waals surface area contributed by atoms with Crippen LogP contribution >= 0.6 is 0 Å². The molecule has 0 radical (unpaired) electrons. The summed E-state index contributed by atoms with van der Waals surface area (Å²) in [6.07, 6.45) is -4.94. The molecule has 0 spiro atoms. The van der Waals surface area contributed by atoms with E-state index in [1.54, 1.807) is 0 Å². The van der Waals surface area contributed by atoms with Crippen LogP contribution in [0.3, 0.4) is 0 Å². The maximum Gasteiger partial charge on any atom is 0.335 e. The molecule has 0 amide bonds. The molecule has 2 N–H and O–H groups in total. The number of halogens is 2. The summed E-state index contributed by atoms with van der Waals surface area (Å²) < 4.78 is 30.6. The van der Waals surface area contributed by atoms with E-state index in [4.69, 9.17) is 9.52 Å². The first-order valence-electron chi connectivity index (χ1n) is 6.58. The van der Waals surface area contributed by atoms with Gasteiger partial charge in [-0.2, -0.15) is 0 Å². The highest BCUT2D eigenvalue weighted by Gasteiger charge is 2.20. The zero-order valence-corrected chi connectivity index (χ0v) is 11.5. The lowest BCUT2D eigenvalue weighted by Crippen LogP contribution is -2.09. The molecule has 0 saturated carbocycles. The van der Waals surface area contributed by atoms with Crippen molar-refractivity contribution in [3.05, 3.63) is 57.7 Å². The monoisotopic (exact) mass is 320 g/mol. The fourth-order valence-corrected chi connectivity index (χ4v) is 2.33. The lowest BCUT2D eigenvalue weighted by atomic mass is 10.0. The zero-order valence-electron chi connectivity index (χ0n) is 11.5. The maximum absolute atomic E-state index is 12.6. The number of benzene rings is 2. The summed E-state index contributed by atoms with van der Waals surface area (Å²) in [5.41, 5.74) is -0.424. The number of alkyl halides is 2. The van der Waals surface area contributed by atoms with Gasteiger partial charge in [-0.1, -0.05) is 6.07 Å². The van der Waals surface area contributed by atoms with Gasteiger partial charge in [0.25, 0.3) is 6.43 Å². The Kier molecular flexibility index (Phi) is 3.57. The Balaban J connectivity index is 2.27. The molecule has 0 aliphatic rings. The van der Waals surface area contributed by atoms with Crippen LogP contribution in [0.1, 0.15) is 22.0 Å². The van der Waals surface area contributed by atoms with Gasteiger partial charge in [0.2, 0.25) is 5.43 Å². The number of carbonyl (C=O) groups is 1. The molecule has 3 rings (SSSR count). The Bertz CT molecular complexity index is 977. The fourth-order valence-electron chi connectivity index (χ4n) is 2.33. The molecule has 1 aromatic heterocycles. The Hall–Kier alpha value is -2.80. The van der Waals surface area contributed by atoms with E-state index in [2.05, 4.69) is 0 Å². The molecule has 1 atom stereocenters. The summed E-state index contributed by atoms with van der Waals surface area (Å²) in [4.78, 5) is 23.4. The SMILES string of the molecule is O=C(O)c1ccc2oc3cc(C(O)C(F)F)ccc3c(=O)c2c1. The summed E-state index contributed by atoms with van der Waals surface area (Å²) in [6, 6.07) is 7.47. The molecule has 118 valence electrons. The molecule has 5 nitrogen and oxygen atoms in total. The van der Waals surface area contributed by atoms with Crippen LogP contribution < -0.4 is 5.43 Å². The van der Waals surface area contributed by atoms with E-state index < -0.39 is 23.9 Å². The molecular weight excluding hydrogens is 310 g/mol. The third-order valence-corrected chi connectivity index (χ3v) is 3.52. The van der Waals surface area contributed by atoms with Crippen molar-refractivity contribution in [2.45, 2.75) is 12.5 Å². The van der Waals surface area contributed by atoms with Gasteiger partial charge in [-0.15, -0.1) is 0 Å². The number of hydrogen-bond donors (Lipinski definition) is 2. The smallest absolute Gasteiger partial charge is 0.335 e. The van der Waals surface area contributed by atoms with E-state index in [0.717, 1.165) is 0 Å². The first-order chi connectivity index (χ1) is 10.9. The molecule has 7 heteroatoms. The van der Waals surface area contributed by atoms with Crippen LogP contribution in [0.2, 0.25) is 0 Å². The largest absolute Gasteiger partial charge is 0.478 e. The van der Waals surface area contributed by atoms with Gasteiger partial charge in [0.15, 0.2) is 0 Å². The molecule has 0 fully saturated rings. The second-order valence-corrected chi connectivity index (χ2v) is 4.98. The van der Waals surface area contributed by atoms with Crippen LogP contribution in [-0.4, -0.2) is 22.6 Å². The average Bonchev–Trinajstić information content (AvgIpc) is 2.53. The first kappa shape index (κ1) is 15.1. The third-order valence-electron chi connectivity index (χ3n) is 3.52. The summed E-state index contributed by atoms with van der Waals surface area (Å²) >= 11 is 0. The molecule has 3 aromatic rings. The fraction of sp³-hybridized carbons (Fsp3) is 0.125. The highest BCUT2D eigenvalue weighted by atomic mass is 19.3. The van der Waals surface area contributed by atoms with Crippen LogP contribution in [0.5, 0.6) is 0 Å². The molecule has 0 bridgehead atoms. The Morgan fingerprint density at radius 2 is 1.78 bits per heavy atom. The lowest BCUT2D eigenvalue weighted by molar-refractivity contribution is -0.00573. The number of hydrogen-bond acceptors (Lipinski definition) is 4. The Morgan fingerprint density at radius 3 is 2.43 bits per heavy atom. The Morgan fingerprint density at radius 1 is 1.04 bits per heavy atom. The average molecular weight is 320 g/mol. The van der Waals surface area contributed by atoms with E-state index in [1.165, 1.54) is 36.4 Å². The van der Waals surface area contributed by atoms with Crippen molar-refractivity contribution in [2.24, 2.45) is 0 Å². The lowest BCUT2D eigenvalue weighted by Gasteiger charge is -2.10. The number of fused-ring (bicyclic) bond motifs is 2. The zero-order chi connectivity index (χ0) is 16.7. The van der Waals surface area contributed by atoms with Gasteiger partial charge in [0.1, 0.15) is 17.3 Å². The minimum atomic E-state index is -2.96. The summed E-state index contributed by atoms with van der Waals surface area (Å²) in [7, 11) is 0. The van der Waals surface area contributed by atoms with Gasteiger partial charge in [0, 0.05) is 0 Å². The second-order valence-electron chi connectivity index (χ2n) is 4.98. The molecule has 0 aliphatic heterocycles. The van der Waals surface area contributed by atoms with Crippen LogP contribution in [0, 0.1) is 0 Å². The highest BCUT2D eigenvalue weighted by molar-refractivity contribution is 5.96. The van der Waals surface area contributed by atoms with E-state index >= 15 is 0 Å². The molecule has 23 heavy (non-hydrogen) atoms. The van der Waals surface area contributed by atoms with Crippen molar-refractivity contribution in [2.75, 3.05) is 0 Å². The van der Waals surface area contributed by atoms with Crippen LogP contribution in [0.4, 0.5) is 8.78 Å². The number of aliphatic hydroxyl groups excluding tert-OH is 1. The van der Waals surface area contributed by atoms with Gasteiger partial charge in [-0.3, -0.25) is 4.79 Å². The normalized spacial score (nSPS) is 12.9. The summed E-state index contributed by atoms with van der Waals surface area (Å²) in [5, 5.41) is 18.6. The van der Waals surface area contributed by atoms with Gasteiger partial charge >= 0.3 is 5.97 Å². The van der Waals surface area contributed by atoms with Crippen molar-refractivity contribution in [3.8, 4) is 0 Å². The minimum absolute atomic E-state index is 0.0442. The first-order valence-corrected chi connectivity index (χ1v) is 6.58. The van der Waals surface area contributed by atoms with Crippen molar-refractivity contribution < 1.29 is 28.2 Å². The highest BCUT2D eigenvalue weighted by Crippen LogP contribution is 2.26. The Labute approximate surface area is 127 Å². The van der Waals surface area contributed by atoms with E-state index in [9.17, 15) is 23.5 Å². The van der Waals surface area contributed by atoms with Crippen molar-refractivity contribution in [3.63, 3.8) is 0 Å². The van der Waals surface area contributed by atoms with Gasteiger partial charge in [0.05, 0.1) is 16.3 Å². The van der Waals surface area contributed by atoms with Gasteiger partial charge in [-0.05, 0) is 35.9 Å². The third kappa shape index (κ3) is 2.55. The predicted molar refractivity (Wildman–Crippen MR) is 77.9 cm³/mol. The topological polar surface area (TPSA) is 87.7 Å². The molecule has 2 aromatic carbocycles. The standard InChI is InChI=1S/C16H10F2O5/c17-15(18)13(19)7-1-3-9-12(6-7)23-11-4-2-8(16(21)22)5-10(11)14(9)20/h1-6,13,15,19H,(H,21,22). The second kappa shape index (κ2) is 5.44. The number of carboxylic acid groups (broad SMARTS) is 1. The number of aromatic carboxylic acids is 1. The van der Waals surface area contributed by atoms with Crippen molar-refractivity contribution in [1.29, 1.82) is 0 Å². The number of carboxylic acids is 1. The van der Waals surface area contributed by atoms with Crippen LogP contribution in [-0.2, 0) is 0 Å². The van der Waals surface area contributed by atoms with Crippen LogP contribution in [0.15, 0.2) is 45.6 Å². The summed E-state index contributed by atoms with van der Waals surface area (Å²) in [5.74, 6) is -1.18. The van der Waals surface area contributed by atoms with Crippen molar-refractivity contribution in [1.82, 2.24) is 0 Å². The minimum Gasteiger partial charge on any atom is -0.478 e. The van der Waals surface area contributed by atoms with Gasteiger partial charge < -0.3 is 14.6 Å². The molecule has 0 aliphatic carbocycles. The quantitative estimate of drug-likeness (QED) is 0.724. The van der Waals surface area contributed by atoms with Gasteiger partial charge in [-0.25, -0.2) is 13.6 Å².